The first-order valence-electron chi connectivity index (χ1n) is 6.58. The molecule has 4 nitrogen and oxygen atoms in total. The van der Waals surface area contributed by atoms with Gasteiger partial charge in [0.15, 0.2) is 5.96 Å². The largest absolute Gasteiger partial charge is 0.493 e. The molecule has 0 spiro atoms. The summed E-state index contributed by atoms with van der Waals surface area (Å²) in [4.78, 5) is 4.18. The molecule has 0 saturated heterocycles. The van der Waals surface area contributed by atoms with Crippen molar-refractivity contribution in [3.63, 3.8) is 0 Å². The monoisotopic (exact) mass is 259 g/mol. The molecule has 0 atom stereocenters. The van der Waals surface area contributed by atoms with Crippen LogP contribution in [-0.4, -0.2) is 25.7 Å². The fraction of sp³-hybridized carbons (Fsp3) is 0.400. The van der Waals surface area contributed by atoms with Crippen LogP contribution in [0.15, 0.2) is 35.3 Å². The van der Waals surface area contributed by atoms with Crippen molar-refractivity contribution in [1.82, 2.24) is 5.32 Å². The molecule has 1 aromatic rings. The van der Waals surface area contributed by atoms with E-state index in [4.69, 9.17) is 10.5 Å². The molecule has 1 aliphatic heterocycles. The molecule has 0 fully saturated rings. The minimum atomic E-state index is 0.479. The second kappa shape index (κ2) is 6.27. The molecule has 1 aromatic carbocycles. The summed E-state index contributed by atoms with van der Waals surface area (Å²) < 4.78 is 5.49. The molecule has 1 heterocycles. The third-order valence-corrected chi connectivity index (χ3v) is 2.99. The Labute approximate surface area is 114 Å². The first-order chi connectivity index (χ1) is 9.15. The van der Waals surface area contributed by atoms with Crippen LogP contribution in [0, 0.1) is 0 Å². The van der Waals surface area contributed by atoms with E-state index in [1.807, 2.05) is 6.92 Å². The van der Waals surface area contributed by atoms with Crippen molar-refractivity contribution in [2.75, 3.05) is 19.7 Å². The van der Waals surface area contributed by atoms with Gasteiger partial charge in [0.1, 0.15) is 5.75 Å². The molecular weight excluding hydrogens is 238 g/mol. The maximum absolute atomic E-state index is 5.75. The van der Waals surface area contributed by atoms with Crippen molar-refractivity contribution in [2.45, 2.75) is 19.8 Å². The molecule has 0 unspecified atom stereocenters. The van der Waals surface area contributed by atoms with Crippen LogP contribution in [-0.2, 0) is 12.8 Å². The predicted molar refractivity (Wildman–Crippen MR) is 78.7 cm³/mol. The average Bonchev–Trinajstić information content (AvgIpc) is 2.83. The van der Waals surface area contributed by atoms with Crippen LogP contribution in [0.3, 0.4) is 0 Å². The van der Waals surface area contributed by atoms with Gasteiger partial charge in [-0.1, -0.05) is 24.3 Å². The van der Waals surface area contributed by atoms with E-state index in [0.29, 0.717) is 12.5 Å². The van der Waals surface area contributed by atoms with Gasteiger partial charge in [-0.15, -0.1) is 0 Å². The Morgan fingerprint density at radius 3 is 3.16 bits per heavy atom. The Balaban J connectivity index is 1.79. The van der Waals surface area contributed by atoms with E-state index in [1.165, 1.54) is 11.1 Å². The molecule has 4 heteroatoms. The number of aliphatic imine (C=N–C) groups is 1. The molecule has 0 aromatic heterocycles. The van der Waals surface area contributed by atoms with Gasteiger partial charge < -0.3 is 15.8 Å². The Kier molecular flexibility index (Phi) is 4.44. The number of ether oxygens (including phenoxy) is 1. The topological polar surface area (TPSA) is 59.6 Å². The highest BCUT2D eigenvalue weighted by Gasteiger charge is 2.11. The number of nitrogens with one attached hydrogen (secondary N) is 1. The van der Waals surface area contributed by atoms with Crippen LogP contribution in [0.1, 0.15) is 18.1 Å². The van der Waals surface area contributed by atoms with Crippen molar-refractivity contribution in [2.24, 2.45) is 10.7 Å². The third-order valence-electron chi connectivity index (χ3n) is 2.99. The van der Waals surface area contributed by atoms with Crippen LogP contribution >= 0.6 is 0 Å². The third kappa shape index (κ3) is 4.02. The molecule has 102 valence electrons. The molecule has 1 aliphatic rings. The molecule has 0 aliphatic carbocycles. The summed E-state index contributed by atoms with van der Waals surface area (Å²) in [6.07, 6.45) is 1.94. The standard InChI is InChI=1S/C15H21N3O/c1-11(2)10-18-15(16)17-7-5-12-3-4-14-13(9-12)6-8-19-14/h3-4,9H,1,5-8,10H2,2H3,(H3,16,17,18). The Morgan fingerprint density at radius 2 is 2.37 bits per heavy atom. The number of nitrogens with zero attached hydrogens (tertiary/aromatic N) is 1. The summed E-state index contributed by atoms with van der Waals surface area (Å²) in [6, 6.07) is 6.37. The summed E-state index contributed by atoms with van der Waals surface area (Å²) >= 11 is 0. The SMILES string of the molecule is C=C(C)CN=C(N)NCCc1ccc2c(c1)CCO2. The number of rotatable bonds is 5. The summed E-state index contributed by atoms with van der Waals surface area (Å²) in [7, 11) is 0. The van der Waals surface area contributed by atoms with Gasteiger partial charge in [0.05, 0.1) is 13.2 Å². The van der Waals surface area contributed by atoms with Crippen LogP contribution in [0.5, 0.6) is 5.75 Å². The van der Waals surface area contributed by atoms with Gasteiger partial charge in [-0.05, 0) is 30.5 Å². The van der Waals surface area contributed by atoms with Crippen molar-refractivity contribution >= 4 is 5.96 Å². The van der Waals surface area contributed by atoms with E-state index in [1.54, 1.807) is 0 Å². The van der Waals surface area contributed by atoms with Crippen LogP contribution in [0.4, 0.5) is 0 Å². The second-order valence-corrected chi connectivity index (χ2v) is 4.88. The highest BCUT2D eigenvalue weighted by Crippen LogP contribution is 2.25. The van der Waals surface area contributed by atoms with Gasteiger partial charge in [-0.3, -0.25) is 0 Å². The van der Waals surface area contributed by atoms with Crippen molar-refractivity contribution in [3.05, 3.63) is 41.5 Å². The lowest BCUT2D eigenvalue weighted by Crippen LogP contribution is -2.33. The first kappa shape index (κ1) is 13.5. The minimum absolute atomic E-state index is 0.479. The fourth-order valence-electron chi connectivity index (χ4n) is 2.01. The van der Waals surface area contributed by atoms with Gasteiger partial charge in [0.2, 0.25) is 0 Å². The predicted octanol–water partition coefficient (Wildman–Crippen LogP) is 1.64. The van der Waals surface area contributed by atoms with Crippen LogP contribution in [0.2, 0.25) is 0 Å². The van der Waals surface area contributed by atoms with Gasteiger partial charge in [-0.25, -0.2) is 4.99 Å². The zero-order chi connectivity index (χ0) is 13.7. The average molecular weight is 259 g/mol. The lowest BCUT2D eigenvalue weighted by molar-refractivity contribution is 0.357. The van der Waals surface area contributed by atoms with Crippen LogP contribution in [0.25, 0.3) is 0 Å². The van der Waals surface area contributed by atoms with Crippen molar-refractivity contribution < 1.29 is 4.74 Å². The number of guanidine groups is 1. The molecule has 2 rings (SSSR count). The zero-order valence-electron chi connectivity index (χ0n) is 11.4. The van der Waals surface area contributed by atoms with Crippen molar-refractivity contribution in [3.8, 4) is 5.75 Å². The number of nitrogens with two attached hydrogens (primary N) is 1. The molecule has 0 saturated carbocycles. The van der Waals surface area contributed by atoms with Crippen LogP contribution < -0.4 is 15.8 Å². The summed E-state index contributed by atoms with van der Waals surface area (Å²) in [5, 5.41) is 3.11. The highest BCUT2D eigenvalue weighted by atomic mass is 16.5. The first-order valence-corrected chi connectivity index (χ1v) is 6.58. The Bertz CT molecular complexity index is 494. The summed E-state index contributed by atoms with van der Waals surface area (Å²) in [6.45, 7) is 7.88. The summed E-state index contributed by atoms with van der Waals surface area (Å²) in [5.41, 5.74) is 9.36. The van der Waals surface area contributed by atoms with E-state index < -0.39 is 0 Å². The molecular formula is C15H21N3O. The molecule has 0 radical (unpaired) electrons. The molecule has 3 N–H and O–H groups in total. The lowest BCUT2D eigenvalue weighted by atomic mass is 10.1. The normalized spacial score (nSPS) is 13.8. The summed E-state index contributed by atoms with van der Waals surface area (Å²) in [5.74, 6) is 1.51. The van der Waals surface area contributed by atoms with Crippen molar-refractivity contribution in [1.29, 1.82) is 0 Å². The minimum Gasteiger partial charge on any atom is -0.493 e. The lowest BCUT2D eigenvalue weighted by Gasteiger charge is -2.07. The van der Waals surface area contributed by atoms with E-state index in [2.05, 4.69) is 35.1 Å². The molecule has 19 heavy (non-hydrogen) atoms. The van der Waals surface area contributed by atoms with Gasteiger partial charge in [0.25, 0.3) is 0 Å². The quantitative estimate of drug-likeness (QED) is 0.480. The maximum atomic E-state index is 5.75. The molecule has 0 amide bonds. The van der Waals surface area contributed by atoms with E-state index >= 15 is 0 Å². The van der Waals surface area contributed by atoms with Gasteiger partial charge >= 0.3 is 0 Å². The second-order valence-electron chi connectivity index (χ2n) is 4.88. The molecule has 0 bridgehead atoms. The highest BCUT2D eigenvalue weighted by molar-refractivity contribution is 5.77. The number of hydrogen-bond acceptors (Lipinski definition) is 2. The number of hydrogen-bond donors (Lipinski definition) is 2. The van der Waals surface area contributed by atoms with E-state index in [0.717, 1.165) is 37.3 Å². The van der Waals surface area contributed by atoms with E-state index in [-0.39, 0.29) is 0 Å². The van der Waals surface area contributed by atoms with Gasteiger partial charge in [0, 0.05) is 13.0 Å². The van der Waals surface area contributed by atoms with Gasteiger partial charge in [-0.2, -0.15) is 0 Å². The Hall–Kier alpha value is -1.97. The number of benzene rings is 1. The Morgan fingerprint density at radius 1 is 1.53 bits per heavy atom. The number of fused-ring (bicyclic) bond motifs is 1. The zero-order valence-corrected chi connectivity index (χ0v) is 11.4. The van der Waals surface area contributed by atoms with E-state index in [9.17, 15) is 0 Å². The smallest absolute Gasteiger partial charge is 0.188 e. The fourth-order valence-corrected chi connectivity index (χ4v) is 2.01. The maximum Gasteiger partial charge on any atom is 0.188 e.